The van der Waals surface area contributed by atoms with Crippen LogP contribution in [0, 0.1) is 0 Å². The van der Waals surface area contributed by atoms with E-state index in [1.165, 1.54) is 0 Å². The van der Waals surface area contributed by atoms with Crippen molar-refractivity contribution in [3.8, 4) is 11.5 Å². The van der Waals surface area contributed by atoms with Crippen LogP contribution in [0.1, 0.15) is 10.6 Å². The molecule has 0 spiro atoms. The van der Waals surface area contributed by atoms with Gasteiger partial charge in [0.15, 0.2) is 0 Å². The maximum absolute atomic E-state index is 10.4. The molecule has 0 saturated carbocycles. The van der Waals surface area contributed by atoms with E-state index in [-0.39, 0.29) is 0 Å². The first-order chi connectivity index (χ1) is 11.6. The summed E-state index contributed by atoms with van der Waals surface area (Å²) >= 11 is 1.59. The topological polar surface area (TPSA) is 71.5 Å². The van der Waals surface area contributed by atoms with E-state index in [0.717, 1.165) is 26.5 Å². The summed E-state index contributed by atoms with van der Waals surface area (Å²) in [4.78, 5) is 14.9. The molecule has 3 aromatic rings. The molecule has 0 unspecified atom stereocenters. The van der Waals surface area contributed by atoms with Crippen molar-refractivity contribution < 1.29 is 19.4 Å². The Hall–Kier alpha value is -2.86. The minimum Gasteiger partial charge on any atom is -0.546 e. The summed E-state index contributed by atoms with van der Waals surface area (Å²) in [6.45, 7) is -0.454. The Kier molecular flexibility index (Phi) is 4.77. The van der Waals surface area contributed by atoms with Gasteiger partial charge in [0, 0.05) is 0 Å². The number of fused-ring (bicyclic) bond motifs is 1. The summed E-state index contributed by atoms with van der Waals surface area (Å²) < 4.78 is 11.3. The monoisotopic (exact) mass is 340 g/mol. The number of carbonyl (C=O) groups is 1. The number of benzene rings is 2. The number of carbonyl (C=O) groups excluding carboxylic acids is 1. The second-order valence-electron chi connectivity index (χ2n) is 4.95. The molecule has 0 bridgehead atoms. The lowest BCUT2D eigenvalue weighted by molar-refractivity contribution is -0.307. The van der Waals surface area contributed by atoms with E-state index < -0.39 is 12.6 Å². The second kappa shape index (κ2) is 7.14. The van der Waals surface area contributed by atoms with Crippen molar-refractivity contribution in [2.24, 2.45) is 0 Å². The Morgan fingerprint density at radius 1 is 1.17 bits per heavy atom. The van der Waals surface area contributed by atoms with Gasteiger partial charge in [-0.1, -0.05) is 18.2 Å². The summed E-state index contributed by atoms with van der Waals surface area (Å²) in [5.74, 6) is 0.0590. The number of aromatic nitrogens is 1. The molecule has 0 atom stereocenters. The first kappa shape index (κ1) is 16.0. The minimum atomic E-state index is -1.24. The highest BCUT2D eigenvalue weighted by atomic mass is 32.1. The van der Waals surface area contributed by atoms with Crippen molar-refractivity contribution in [3.63, 3.8) is 0 Å². The average Bonchev–Trinajstić information content (AvgIpc) is 3.00. The molecule has 6 heteroatoms. The predicted octanol–water partition coefficient (Wildman–Crippen LogP) is 2.60. The van der Waals surface area contributed by atoms with E-state index in [9.17, 15) is 9.90 Å². The van der Waals surface area contributed by atoms with Crippen LogP contribution >= 0.6 is 11.3 Å². The molecule has 3 rings (SSSR count). The molecule has 5 nitrogen and oxygen atoms in total. The summed E-state index contributed by atoms with van der Waals surface area (Å²) in [5, 5.41) is 11.3. The van der Waals surface area contributed by atoms with Gasteiger partial charge in [0.1, 0.15) is 23.1 Å². The molecule has 0 aliphatic rings. The van der Waals surface area contributed by atoms with Crippen molar-refractivity contribution >= 4 is 39.7 Å². The van der Waals surface area contributed by atoms with Crippen LogP contribution < -0.4 is 14.6 Å². The van der Waals surface area contributed by atoms with Crippen LogP contribution in [0.5, 0.6) is 11.5 Å². The van der Waals surface area contributed by atoms with E-state index in [0.29, 0.717) is 5.75 Å². The van der Waals surface area contributed by atoms with Crippen molar-refractivity contribution in [2.75, 3.05) is 13.7 Å². The van der Waals surface area contributed by atoms with Gasteiger partial charge in [-0.25, -0.2) is 4.98 Å². The zero-order valence-electron chi connectivity index (χ0n) is 12.9. The maximum Gasteiger partial charge on any atom is 0.128 e. The summed E-state index contributed by atoms with van der Waals surface area (Å²) in [6, 6.07) is 12.9. The number of methoxy groups -OCH3 is 1. The number of rotatable bonds is 6. The summed E-state index contributed by atoms with van der Waals surface area (Å²) in [6.07, 6.45) is 3.88. The number of hydrogen-bond acceptors (Lipinski definition) is 6. The molecule has 0 aliphatic heterocycles. The van der Waals surface area contributed by atoms with E-state index in [1.807, 2.05) is 42.5 Å². The van der Waals surface area contributed by atoms with Crippen molar-refractivity contribution in [3.05, 3.63) is 53.0 Å². The van der Waals surface area contributed by atoms with Crippen molar-refractivity contribution in [1.82, 2.24) is 4.98 Å². The lowest BCUT2D eigenvalue weighted by Crippen LogP contribution is -2.28. The normalized spacial score (nSPS) is 11.0. The Labute approximate surface area is 142 Å². The van der Waals surface area contributed by atoms with Crippen LogP contribution in [-0.2, 0) is 4.79 Å². The van der Waals surface area contributed by atoms with Crippen LogP contribution in [-0.4, -0.2) is 24.7 Å². The SMILES string of the molecule is COc1ccc2nc(/C=C/c3ccc(OCC(=O)[O-])cc3)sc2c1. The number of ether oxygens (including phenoxy) is 2. The van der Waals surface area contributed by atoms with Gasteiger partial charge in [0.05, 0.1) is 23.3 Å². The van der Waals surface area contributed by atoms with E-state index in [2.05, 4.69) is 4.98 Å². The number of carboxylic acid groups (broad SMARTS) is 1. The van der Waals surface area contributed by atoms with Gasteiger partial charge in [-0.15, -0.1) is 11.3 Å². The lowest BCUT2D eigenvalue weighted by Gasteiger charge is -2.06. The quantitative estimate of drug-likeness (QED) is 0.690. The summed E-state index contributed by atoms with van der Waals surface area (Å²) in [5.41, 5.74) is 1.90. The first-order valence-corrected chi connectivity index (χ1v) is 8.01. The Morgan fingerprint density at radius 3 is 2.62 bits per heavy atom. The van der Waals surface area contributed by atoms with Gasteiger partial charge in [-0.05, 0) is 42.0 Å². The van der Waals surface area contributed by atoms with Crippen LogP contribution in [0.4, 0.5) is 0 Å². The molecular formula is C18H14NO4S-. The Morgan fingerprint density at radius 2 is 1.92 bits per heavy atom. The molecule has 122 valence electrons. The van der Waals surface area contributed by atoms with Gasteiger partial charge in [-0.2, -0.15) is 0 Å². The molecular weight excluding hydrogens is 326 g/mol. The van der Waals surface area contributed by atoms with Gasteiger partial charge in [0.25, 0.3) is 0 Å². The predicted molar refractivity (Wildman–Crippen MR) is 92.0 cm³/mol. The number of thiazole rings is 1. The zero-order valence-corrected chi connectivity index (χ0v) is 13.7. The smallest absolute Gasteiger partial charge is 0.128 e. The number of aliphatic carboxylic acids is 1. The Bertz CT molecular complexity index is 884. The third kappa shape index (κ3) is 3.91. The van der Waals surface area contributed by atoms with E-state index in [4.69, 9.17) is 9.47 Å². The molecule has 0 amide bonds. The molecule has 1 aromatic heterocycles. The fourth-order valence-electron chi connectivity index (χ4n) is 2.11. The van der Waals surface area contributed by atoms with Gasteiger partial charge < -0.3 is 19.4 Å². The molecule has 0 N–H and O–H groups in total. The molecule has 0 aliphatic carbocycles. The third-order valence-electron chi connectivity index (χ3n) is 3.27. The van der Waals surface area contributed by atoms with Crippen molar-refractivity contribution in [2.45, 2.75) is 0 Å². The van der Waals surface area contributed by atoms with Crippen molar-refractivity contribution in [1.29, 1.82) is 0 Å². The zero-order chi connectivity index (χ0) is 16.9. The summed E-state index contributed by atoms with van der Waals surface area (Å²) in [7, 11) is 1.64. The molecule has 0 fully saturated rings. The van der Waals surface area contributed by atoms with Crippen LogP contribution in [0.25, 0.3) is 22.4 Å². The van der Waals surface area contributed by atoms with Crippen LogP contribution in [0.2, 0.25) is 0 Å². The van der Waals surface area contributed by atoms with Crippen LogP contribution in [0.15, 0.2) is 42.5 Å². The fraction of sp³-hybridized carbons (Fsp3) is 0.111. The maximum atomic E-state index is 10.4. The Balaban J connectivity index is 1.72. The molecule has 2 aromatic carbocycles. The molecule has 0 saturated heterocycles. The molecule has 1 heterocycles. The fourth-order valence-corrected chi connectivity index (χ4v) is 3.00. The highest BCUT2D eigenvalue weighted by molar-refractivity contribution is 7.19. The molecule has 0 radical (unpaired) electrons. The first-order valence-electron chi connectivity index (χ1n) is 7.19. The van der Waals surface area contributed by atoms with Gasteiger partial charge >= 0.3 is 0 Å². The largest absolute Gasteiger partial charge is 0.546 e. The highest BCUT2D eigenvalue weighted by Crippen LogP contribution is 2.27. The lowest BCUT2D eigenvalue weighted by atomic mass is 10.2. The number of nitrogens with zero attached hydrogens (tertiary/aromatic N) is 1. The number of hydrogen-bond donors (Lipinski definition) is 0. The standard InChI is InChI=1S/C18H15NO4S/c1-22-14-7-8-15-16(10-14)24-17(19-15)9-4-12-2-5-13(6-3-12)23-11-18(20)21/h2-10H,11H2,1H3,(H,20,21)/p-1/b9-4+. The van der Waals surface area contributed by atoms with Gasteiger partial charge in [-0.3, -0.25) is 0 Å². The van der Waals surface area contributed by atoms with E-state index >= 15 is 0 Å². The minimum absolute atomic E-state index is 0.454. The second-order valence-corrected chi connectivity index (χ2v) is 6.01. The van der Waals surface area contributed by atoms with Gasteiger partial charge in [0.2, 0.25) is 0 Å². The highest BCUT2D eigenvalue weighted by Gasteiger charge is 2.03. The average molecular weight is 340 g/mol. The third-order valence-corrected chi connectivity index (χ3v) is 4.25. The van der Waals surface area contributed by atoms with Crippen LogP contribution in [0.3, 0.4) is 0 Å². The number of carboxylic acids is 1. The molecule has 24 heavy (non-hydrogen) atoms. The van der Waals surface area contributed by atoms with E-state index in [1.54, 1.807) is 30.6 Å².